The van der Waals surface area contributed by atoms with Crippen LogP contribution in [0.2, 0.25) is 10.0 Å². The molecule has 1 aromatic heterocycles. The average Bonchev–Trinajstić information content (AvgIpc) is 2.77. The van der Waals surface area contributed by atoms with Crippen LogP contribution in [0.4, 0.5) is 0 Å². The molecule has 7 heteroatoms. The summed E-state index contributed by atoms with van der Waals surface area (Å²) in [5, 5.41) is 5.49. The predicted molar refractivity (Wildman–Crippen MR) is 91.0 cm³/mol. The topological polar surface area (TPSA) is 47.1 Å². The summed E-state index contributed by atoms with van der Waals surface area (Å²) in [7, 11) is 4.03. The van der Waals surface area contributed by atoms with Crippen molar-refractivity contribution in [2.75, 3.05) is 20.6 Å². The van der Waals surface area contributed by atoms with Crippen molar-refractivity contribution in [3.8, 4) is 0 Å². The number of rotatable bonds is 5. The summed E-state index contributed by atoms with van der Waals surface area (Å²) in [5.41, 5.74) is 7.98. The minimum absolute atomic E-state index is 0.440. The third-order valence-corrected chi connectivity index (χ3v) is 4.47. The molecular weight excluding hydrogens is 375 g/mol. The van der Waals surface area contributed by atoms with Gasteiger partial charge >= 0.3 is 0 Å². The number of aromatic nitrogens is 2. The van der Waals surface area contributed by atoms with E-state index in [-0.39, 0.29) is 0 Å². The Morgan fingerprint density at radius 1 is 1.33 bits per heavy atom. The van der Waals surface area contributed by atoms with Crippen molar-refractivity contribution >= 4 is 39.1 Å². The molecule has 0 bridgehead atoms. The smallest absolute Gasteiger partial charge is 0.0764 e. The van der Waals surface area contributed by atoms with Gasteiger partial charge in [0, 0.05) is 22.2 Å². The van der Waals surface area contributed by atoms with E-state index >= 15 is 0 Å². The normalized spacial score (nSPS) is 12.9. The molecule has 1 unspecified atom stereocenters. The minimum Gasteiger partial charge on any atom is -0.319 e. The molecule has 1 atom stereocenters. The van der Waals surface area contributed by atoms with Gasteiger partial charge in [0.15, 0.2) is 0 Å². The van der Waals surface area contributed by atoms with Crippen LogP contribution in [0.15, 0.2) is 28.9 Å². The van der Waals surface area contributed by atoms with Crippen LogP contribution in [0.5, 0.6) is 0 Å². The summed E-state index contributed by atoms with van der Waals surface area (Å²) in [6.45, 7) is 1.60. The summed E-state index contributed by atoms with van der Waals surface area (Å²) >= 11 is 16.0. The molecule has 0 amide bonds. The van der Waals surface area contributed by atoms with Crippen LogP contribution in [0.1, 0.15) is 17.3 Å². The minimum atomic E-state index is -0.440. The van der Waals surface area contributed by atoms with E-state index < -0.39 is 6.04 Å². The fourth-order valence-electron chi connectivity index (χ4n) is 2.10. The van der Waals surface area contributed by atoms with Gasteiger partial charge in [-0.25, -0.2) is 0 Å². The highest BCUT2D eigenvalue weighted by atomic mass is 79.9. The number of nitrogens with two attached hydrogens (primary N) is 1. The Morgan fingerprint density at radius 3 is 2.52 bits per heavy atom. The number of benzene rings is 1. The number of hydrogen-bond acceptors (Lipinski definition) is 3. The first-order valence-corrected chi connectivity index (χ1v) is 8.02. The molecule has 2 rings (SSSR count). The van der Waals surface area contributed by atoms with E-state index in [0.29, 0.717) is 15.6 Å². The molecule has 0 radical (unpaired) electrons. The van der Waals surface area contributed by atoms with Gasteiger partial charge in [0.25, 0.3) is 0 Å². The zero-order chi connectivity index (χ0) is 15.6. The van der Waals surface area contributed by atoms with Crippen molar-refractivity contribution in [2.24, 2.45) is 5.73 Å². The molecule has 0 spiro atoms. The third-order valence-electron chi connectivity index (χ3n) is 3.20. The Morgan fingerprint density at radius 2 is 1.95 bits per heavy atom. The Labute approximate surface area is 142 Å². The van der Waals surface area contributed by atoms with E-state index in [4.69, 9.17) is 28.9 Å². The molecule has 4 nitrogen and oxygen atoms in total. The molecule has 114 valence electrons. The van der Waals surface area contributed by atoms with E-state index in [1.807, 2.05) is 18.8 Å². The highest BCUT2D eigenvalue weighted by Gasteiger charge is 2.22. The lowest BCUT2D eigenvalue weighted by Gasteiger charge is -2.19. The van der Waals surface area contributed by atoms with Crippen molar-refractivity contribution in [2.45, 2.75) is 12.6 Å². The summed E-state index contributed by atoms with van der Waals surface area (Å²) in [5.74, 6) is 0. The van der Waals surface area contributed by atoms with Crippen LogP contribution in [0, 0.1) is 0 Å². The third kappa shape index (κ3) is 3.79. The SMILES string of the molecule is CN(C)CCn1ncc(Br)c1C(N)c1c(Cl)cccc1Cl. The zero-order valence-electron chi connectivity index (χ0n) is 11.9. The highest BCUT2D eigenvalue weighted by molar-refractivity contribution is 9.10. The number of nitrogens with zero attached hydrogens (tertiary/aromatic N) is 3. The van der Waals surface area contributed by atoms with Crippen LogP contribution >= 0.6 is 39.1 Å². The largest absolute Gasteiger partial charge is 0.319 e. The van der Waals surface area contributed by atoms with Crippen molar-refractivity contribution in [3.05, 3.63) is 50.2 Å². The maximum atomic E-state index is 6.40. The first kappa shape index (κ1) is 16.8. The lowest BCUT2D eigenvalue weighted by Crippen LogP contribution is -2.24. The van der Waals surface area contributed by atoms with E-state index in [1.165, 1.54) is 0 Å². The highest BCUT2D eigenvalue weighted by Crippen LogP contribution is 2.35. The maximum Gasteiger partial charge on any atom is 0.0764 e. The fraction of sp³-hybridized carbons (Fsp3) is 0.357. The predicted octanol–water partition coefficient (Wildman–Crippen LogP) is 3.56. The molecule has 0 aliphatic rings. The second kappa shape index (κ2) is 7.11. The van der Waals surface area contributed by atoms with Gasteiger partial charge in [-0.3, -0.25) is 4.68 Å². The Kier molecular flexibility index (Phi) is 5.68. The molecule has 0 aliphatic heterocycles. The lowest BCUT2D eigenvalue weighted by atomic mass is 10.0. The molecule has 21 heavy (non-hydrogen) atoms. The van der Waals surface area contributed by atoms with Gasteiger partial charge in [-0.15, -0.1) is 0 Å². The molecule has 0 fully saturated rings. The molecule has 2 N–H and O–H groups in total. The standard InChI is InChI=1S/C14H17BrCl2N4/c1-20(2)6-7-21-14(9(15)8-19-21)13(18)12-10(16)4-3-5-11(12)17/h3-5,8,13H,6-7,18H2,1-2H3. The summed E-state index contributed by atoms with van der Waals surface area (Å²) < 4.78 is 2.73. The Bertz CT molecular complexity index is 607. The van der Waals surface area contributed by atoms with Gasteiger partial charge < -0.3 is 10.6 Å². The summed E-state index contributed by atoms with van der Waals surface area (Å²) in [4.78, 5) is 2.09. The second-order valence-electron chi connectivity index (χ2n) is 5.02. The second-order valence-corrected chi connectivity index (χ2v) is 6.69. The van der Waals surface area contributed by atoms with Crippen LogP contribution < -0.4 is 5.73 Å². The van der Waals surface area contributed by atoms with E-state index in [2.05, 4.69) is 25.9 Å². The van der Waals surface area contributed by atoms with Crippen molar-refractivity contribution in [1.82, 2.24) is 14.7 Å². The van der Waals surface area contributed by atoms with E-state index in [0.717, 1.165) is 23.3 Å². The molecule has 0 saturated carbocycles. The van der Waals surface area contributed by atoms with Crippen LogP contribution in [-0.2, 0) is 6.54 Å². The van der Waals surface area contributed by atoms with Crippen LogP contribution in [0.25, 0.3) is 0 Å². The average molecular weight is 392 g/mol. The first-order chi connectivity index (χ1) is 9.91. The quantitative estimate of drug-likeness (QED) is 0.847. The van der Waals surface area contributed by atoms with Crippen molar-refractivity contribution in [1.29, 1.82) is 0 Å². The van der Waals surface area contributed by atoms with Crippen LogP contribution in [-0.4, -0.2) is 35.3 Å². The lowest BCUT2D eigenvalue weighted by molar-refractivity contribution is 0.368. The van der Waals surface area contributed by atoms with Gasteiger partial charge in [-0.1, -0.05) is 29.3 Å². The summed E-state index contributed by atoms with van der Waals surface area (Å²) in [6.07, 6.45) is 1.75. The van der Waals surface area contributed by atoms with Crippen molar-refractivity contribution in [3.63, 3.8) is 0 Å². The number of hydrogen-bond donors (Lipinski definition) is 1. The van der Waals surface area contributed by atoms with Crippen molar-refractivity contribution < 1.29 is 0 Å². The van der Waals surface area contributed by atoms with Gasteiger partial charge in [0.05, 0.1) is 29.0 Å². The van der Waals surface area contributed by atoms with Gasteiger partial charge in [0.1, 0.15) is 0 Å². The fourth-order valence-corrected chi connectivity index (χ4v) is 3.27. The molecule has 1 aromatic carbocycles. The van der Waals surface area contributed by atoms with E-state index in [9.17, 15) is 0 Å². The summed E-state index contributed by atoms with van der Waals surface area (Å²) in [6, 6.07) is 4.94. The van der Waals surface area contributed by atoms with Gasteiger partial charge in [-0.05, 0) is 42.2 Å². The Balaban J connectivity index is 2.39. The van der Waals surface area contributed by atoms with E-state index in [1.54, 1.807) is 24.4 Å². The molecular formula is C14H17BrCl2N4. The monoisotopic (exact) mass is 390 g/mol. The molecule has 1 heterocycles. The van der Waals surface area contributed by atoms with Gasteiger partial charge in [-0.2, -0.15) is 5.10 Å². The Hall–Kier alpha value is -0.590. The zero-order valence-corrected chi connectivity index (χ0v) is 15.0. The number of halogens is 3. The molecule has 2 aromatic rings. The molecule has 0 aliphatic carbocycles. The molecule has 0 saturated heterocycles. The van der Waals surface area contributed by atoms with Crippen LogP contribution in [0.3, 0.4) is 0 Å². The maximum absolute atomic E-state index is 6.40. The first-order valence-electron chi connectivity index (χ1n) is 6.47. The number of likely N-dealkylation sites (N-methyl/N-ethyl adjacent to an activating group) is 1. The van der Waals surface area contributed by atoms with Gasteiger partial charge in [0.2, 0.25) is 0 Å².